The van der Waals surface area contributed by atoms with E-state index in [-0.39, 0.29) is 10.6 Å². The number of nitro benzene ring substituents is 1. The maximum absolute atomic E-state index is 10.9. The van der Waals surface area contributed by atoms with Crippen LogP contribution in [0.15, 0.2) is 23.6 Å². The first-order valence-electron chi connectivity index (χ1n) is 3.93. The lowest BCUT2D eigenvalue weighted by atomic mass is 10.1. The Morgan fingerprint density at radius 3 is 2.86 bits per heavy atom. The largest absolute Gasteiger partial charge is 0.291 e. The summed E-state index contributed by atoms with van der Waals surface area (Å²) in [5, 5.41) is 14.2. The van der Waals surface area contributed by atoms with Crippen molar-refractivity contribution in [3.63, 3.8) is 0 Å². The van der Waals surface area contributed by atoms with E-state index in [0.29, 0.717) is 5.33 Å². The second-order valence-electron chi connectivity index (χ2n) is 2.80. The molecule has 1 heterocycles. The van der Waals surface area contributed by atoms with Crippen LogP contribution >= 0.6 is 27.3 Å². The molecule has 2 aromatic rings. The zero-order chi connectivity index (χ0) is 10.1. The third-order valence-electron chi connectivity index (χ3n) is 2.01. The van der Waals surface area contributed by atoms with Gasteiger partial charge in [-0.2, -0.15) is 0 Å². The minimum absolute atomic E-state index is 0.231. The molecule has 14 heavy (non-hydrogen) atoms. The molecule has 0 spiro atoms. The standard InChI is InChI=1S/C9H6BrNO2S/c10-5-7-2-1-6-3-4-14-9(6)8(7)11(12)13/h1-4H,5H2. The van der Waals surface area contributed by atoms with Gasteiger partial charge < -0.3 is 0 Å². The van der Waals surface area contributed by atoms with Crippen molar-refractivity contribution in [3.8, 4) is 0 Å². The number of rotatable bonds is 2. The van der Waals surface area contributed by atoms with Crippen LogP contribution in [0, 0.1) is 10.1 Å². The van der Waals surface area contributed by atoms with Gasteiger partial charge in [0.05, 0.1) is 4.92 Å². The van der Waals surface area contributed by atoms with Crippen molar-refractivity contribution in [2.75, 3.05) is 0 Å². The molecular weight excluding hydrogens is 266 g/mol. The van der Waals surface area contributed by atoms with Crippen molar-refractivity contribution < 1.29 is 4.92 Å². The van der Waals surface area contributed by atoms with Crippen molar-refractivity contribution in [1.82, 2.24) is 0 Å². The molecular formula is C9H6BrNO2S. The van der Waals surface area contributed by atoms with Crippen molar-refractivity contribution in [2.24, 2.45) is 0 Å². The number of alkyl halides is 1. The molecule has 3 nitrogen and oxygen atoms in total. The van der Waals surface area contributed by atoms with Crippen LogP contribution < -0.4 is 0 Å². The average Bonchev–Trinajstić information content (AvgIpc) is 2.62. The SMILES string of the molecule is O=[N+]([O-])c1c(CBr)ccc2ccsc12. The summed E-state index contributed by atoms with van der Waals surface area (Å²) in [6.45, 7) is 0. The molecule has 0 radical (unpaired) electrons. The molecule has 72 valence electrons. The summed E-state index contributed by atoms with van der Waals surface area (Å²) >= 11 is 4.66. The topological polar surface area (TPSA) is 43.1 Å². The second-order valence-corrected chi connectivity index (χ2v) is 4.28. The van der Waals surface area contributed by atoms with Crippen molar-refractivity contribution in [1.29, 1.82) is 0 Å². The summed E-state index contributed by atoms with van der Waals surface area (Å²) in [7, 11) is 0. The van der Waals surface area contributed by atoms with E-state index in [9.17, 15) is 10.1 Å². The summed E-state index contributed by atoms with van der Waals surface area (Å²) < 4.78 is 0.756. The molecule has 0 saturated carbocycles. The summed E-state index contributed by atoms with van der Waals surface area (Å²) in [5.41, 5.74) is 0.958. The Hall–Kier alpha value is -0.940. The molecule has 0 aliphatic carbocycles. The van der Waals surface area contributed by atoms with Crippen LogP contribution in [-0.2, 0) is 5.33 Å². The smallest absolute Gasteiger partial charge is 0.258 e. The van der Waals surface area contributed by atoms with Gasteiger partial charge in [0.2, 0.25) is 0 Å². The number of benzene rings is 1. The zero-order valence-electron chi connectivity index (χ0n) is 7.07. The van der Waals surface area contributed by atoms with Crippen LogP contribution in [0.1, 0.15) is 5.56 Å². The highest BCUT2D eigenvalue weighted by Gasteiger charge is 2.18. The third kappa shape index (κ3) is 1.42. The molecule has 0 N–H and O–H groups in total. The fourth-order valence-electron chi connectivity index (χ4n) is 1.37. The van der Waals surface area contributed by atoms with Crippen LogP contribution in [0.25, 0.3) is 10.1 Å². The maximum Gasteiger partial charge on any atom is 0.291 e. The molecule has 0 unspecified atom stereocenters. The van der Waals surface area contributed by atoms with E-state index in [2.05, 4.69) is 15.9 Å². The summed E-state index contributed by atoms with van der Waals surface area (Å²) in [4.78, 5) is 10.6. The monoisotopic (exact) mass is 271 g/mol. The van der Waals surface area contributed by atoms with Gasteiger partial charge >= 0.3 is 0 Å². The van der Waals surface area contributed by atoms with Gasteiger partial charge in [-0.25, -0.2) is 0 Å². The van der Waals surface area contributed by atoms with E-state index >= 15 is 0 Å². The van der Waals surface area contributed by atoms with E-state index in [4.69, 9.17) is 0 Å². The van der Waals surface area contributed by atoms with Gasteiger partial charge in [-0.1, -0.05) is 28.1 Å². The Kier molecular flexibility index (Phi) is 2.52. The normalized spacial score (nSPS) is 10.6. The quantitative estimate of drug-likeness (QED) is 0.475. The Morgan fingerprint density at radius 2 is 2.21 bits per heavy atom. The number of hydrogen-bond donors (Lipinski definition) is 0. The van der Waals surface area contributed by atoms with Gasteiger partial charge in [-0.3, -0.25) is 10.1 Å². The van der Waals surface area contributed by atoms with E-state index in [1.54, 1.807) is 6.07 Å². The molecule has 1 aromatic carbocycles. The summed E-state index contributed by atoms with van der Waals surface area (Å²) in [5.74, 6) is 0. The van der Waals surface area contributed by atoms with Gasteiger partial charge in [-0.05, 0) is 16.8 Å². The van der Waals surface area contributed by atoms with E-state index < -0.39 is 0 Å². The van der Waals surface area contributed by atoms with Crippen molar-refractivity contribution >= 4 is 43.0 Å². The van der Waals surface area contributed by atoms with Crippen LogP contribution in [0.4, 0.5) is 5.69 Å². The molecule has 0 atom stereocenters. The minimum atomic E-state index is -0.310. The van der Waals surface area contributed by atoms with Crippen LogP contribution in [0.3, 0.4) is 0 Å². The molecule has 1 aromatic heterocycles. The highest BCUT2D eigenvalue weighted by molar-refractivity contribution is 9.08. The fourth-order valence-corrected chi connectivity index (χ4v) is 2.76. The van der Waals surface area contributed by atoms with Gasteiger partial charge in [0.15, 0.2) is 0 Å². The maximum atomic E-state index is 10.9. The molecule has 0 amide bonds. The van der Waals surface area contributed by atoms with Gasteiger partial charge in [0.25, 0.3) is 5.69 Å². The van der Waals surface area contributed by atoms with Crippen molar-refractivity contribution in [2.45, 2.75) is 5.33 Å². The highest BCUT2D eigenvalue weighted by Crippen LogP contribution is 2.34. The number of halogens is 1. The Labute approximate surface area is 92.6 Å². The molecule has 0 saturated heterocycles. The Morgan fingerprint density at radius 1 is 1.43 bits per heavy atom. The molecule has 2 rings (SSSR count). The van der Waals surface area contributed by atoms with E-state index in [1.807, 2.05) is 17.5 Å². The lowest BCUT2D eigenvalue weighted by Crippen LogP contribution is -1.93. The summed E-state index contributed by atoms with van der Waals surface area (Å²) in [6, 6.07) is 5.60. The third-order valence-corrected chi connectivity index (χ3v) is 3.55. The molecule has 5 heteroatoms. The first kappa shape index (κ1) is 9.61. The van der Waals surface area contributed by atoms with E-state index in [0.717, 1.165) is 15.6 Å². The molecule has 0 aliphatic rings. The van der Waals surface area contributed by atoms with E-state index in [1.165, 1.54) is 11.3 Å². The van der Waals surface area contributed by atoms with Gasteiger partial charge in [0, 0.05) is 10.9 Å². The molecule has 0 fully saturated rings. The lowest BCUT2D eigenvalue weighted by Gasteiger charge is -1.99. The Balaban J connectivity index is 2.82. The fraction of sp³-hybridized carbons (Fsp3) is 0.111. The van der Waals surface area contributed by atoms with Crippen LogP contribution in [-0.4, -0.2) is 4.92 Å². The van der Waals surface area contributed by atoms with Crippen LogP contribution in [0.5, 0.6) is 0 Å². The number of thiophene rings is 1. The number of nitrogens with zero attached hydrogens (tertiary/aromatic N) is 1. The Bertz CT molecular complexity index is 495. The minimum Gasteiger partial charge on any atom is -0.258 e. The first-order chi connectivity index (χ1) is 6.74. The highest BCUT2D eigenvalue weighted by atomic mass is 79.9. The predicted octanol–water partition coefficient (Wildman–Crippen LogP) is 3.70. The lowest BCUT2D eigenvalue weighted by molar-refractivity contribution is -0.383. The zero-order valence-corrected chi connectivity index (χ0v) is 9.47. The van der Waals surface area contributed by atoms with Gasteiger partial charge in [-0.15, -0.1) is 11.3 Å². The molecule has 0 aliphatic heterocycles. The van der Waals surface area contributed by atoms with Crippen molar-refractivity contribution in [3.05, 3.63) is 39.3 Å². The number of hydrogen-bond acceptors (Lipinski definition) is 3. The average molecular weight is 272 g/mol. The molecule has 0 bridgehead atoms. The number of nitro groups is 1. The summed E-state index contributed by atoms with van der Waals surface area (Å²) in [6.07, 6.45) is 0. The second kappa shape index (κ2) is 3.67. The first-order valence-corrected chi connectivity index (χ1v) is 5.93. The van der Waals surface area contributed by atoms with Crippen LogP contribution in [0.2, 0.25) is 0 Å². The predicted molar refractivity (Wildman–Crippen MR) is 61.1 cm³/mol. The van der Waals surface area contributed by atoms with Gasteiger partial charge in [0.1, 0.15) is 4.70 Å². The number of fused-ring (bicyclic) bond motifs is 1.